The first-order chi connectivity index (χ1) is 7.72. The molecule has 5 heteroatoms. The minimum atomic E-state index is -0.520. The van der Waals surface area contributed by atoms with Gasteiger partial charge in [0.2, 0.25) is 11.6 Å². The molecule has 0 saturated carbocycles. The van der Waals surface area contributed by atoms with E-state index < -0.39 is 11.6 Å². The second kappa shape index (κ2) is 4.65. The molecule has 0 unspecified atom stereocenters. The fourth-order valence-electron chi connectivity index (χ4n) is 1.41. The molecule has 0 bridgehead atoms. The first kappa shape index (κ1) is 11.1. The third-order valence-corrected chi connectivity index (χ3v) is 2.69. The Morgan fingerprint density at radius 3 is 2.56 bits per heavy atom. The van der Waals surface area contributed by atoms with Crippen molar-refractivity contribution in [2.75, 3.05) is 18.5 Å². The largest absolute Gasteiger partial charge is 0.486 e. The van der Waals surface area contributed by atoms with Crippen molar-refractivity contribution in [2.24, 2.45) is 0 Å². The summed E-state index contributed by atoms with van der Waals surface area (Å²) >= 11 is 2.96. The van der Waals surface area contributed by atoms with Gasteiger partial charge in [-0.15, -0.1) is 0 Å². The average molecular weight is 285 g/mol. The highest BCUT2D eigenvalue weighted by molar-refractivity contribution is 9.09. The van der Waals surface area contributed by atoms with Crippen molar-refractivity contribution < 1.29 is 19.1 Å². The lowest BCUT2D eigenvalue weighted by molar-refractivity contribution is -0.112. The summed E-state index contributed by atoms with van der Waals surface area (Å²) in [6.07, 6.45) is 0. The molecule has 0 atom stereocenters. The Kier molecular flexibility index (Phi) is 3.24. The molecule has 1 aromatic rings. The third kappa shape index (κ3) is 2.09. The maximum Gasteiger partial charge on any atom is 0.229 e. The van der Waals surface area contributed by atoms with E-state index in [-0.39, 0.29) is 5.33 Å². The number of benzene rings is 1. The molecule has 0 aromatic heterocycles. The first-order valence-electron chi connectivity index (χ1n) is 4.75. The molecule has 0 fully saturated rings. The highest BCUT2D eigenvalue weighted by Crippen LogP contribution is 2.30. The molecule has 0 N–H and O–H groups in total. The number of carbonyl (C=O) groups excluding carboxylic acids is 2. The van der Waals surface area contributed by atoms with E-state index in [0.717, 1.165) is 0 Å². The number of carbonyl (C=O) groups is 2. The molecule has 0 radical (unpaired) electrons. The molecule has 1 aliphatic rings. The fourth-order valence-corrected chi connectivity index (χ4v) is 1.66. The Morgan fingerprint density at radius 2 is 1.88 bits per heavy atom. The molecule has 16 heavy (non-hydrogen) atoms. The molecule has 0 aliphatic carbocycles. The average Bonchev–Trinajstić information content (AvgIpc) is 2.36. The predicted molar refractivity (Wildman–Crippen MR) is 60.6 cm³/mol. The fraction of sp³-hybridized carbons (Fsp3) is 0.273. The van der Waals surface area contributed by atoms with Crippen molar-refractivity contribution in [3.63, 3.8) is 0 Å². The van der Waals surface area contributed by atoms with Crippen molar-refractivity contribution in [1.82, 2.24) is 0 Å². The minimum Gasteiger partial charge on any atom is -0.486 e. The van der Waals surface area contributed by atoms with Crippen molar-refractivity contribution in [3.05, 3.63) is 23.8 Å². The van der Waals surface area contributed by atoms with Crippen LogP contribution in [-0.4, -0.2) is 30.1 Å². The van der Waals surface area contributed by atoms with Crippen molar-refractivity contribution >= 4 is 27.5 Å². The van der Waals surface area contributed by atoms with Gasteiger partial charge in [0.25, 0.3) is 0 Å². The predicted octanol–water partition coefficient (Wildman–Crippen LogP) is 1.60. The SMILES string of the molecule is O=C(CBr)C(=O)c1ccc2c(c1)OCCO2. The number of hydrogen-bond donors (Lipinski definition) is 0. The summed E-state index contributed by atoms with van der Waals surface area (Å²) in [5, 5.41) is 0.0281. The van der Waals surface area contributed by atoms with Gasteiger partial charge in [-0.3, -0.25) is 9.59 Å². The zero-order valence-electron chi connectivity index (χ0n) is 8.36. The summed E-state index contributed by atoms with van der Waals surface area (Å²) < 4.78 is 10.6. The monoisotopic (exact) mass is 284 g/mol. The van der Waals surface area contributed by atoms with E-state index in [9.17, 15) is 9.59 Å². The van der Waals surface area contributed by atoms with Gasteiger partial charge >= 0.3 is 0 Å². The molecule has 2 rings (SSSR count). The lowest BCUT2D eigenvalue weighted by Gasteiger charge is -2.18. The normalized spacial score (nSPS) is 13.3. The van der Waals surface area contributed by atoms with Crippen molar-refractivity contribution in [3.8, 4) is 11.5 Å². The van der Waals surface area contributed by atoms with Gasteiger partial charge in [0.1, 0.15) is 13.2 Å². The van der Waals surface area contributed by atoms with Crippen LogP contribution in [0.2, 0.25) is 0 Å². The third-order valence-electron chi connectivity index (χ3n) is 2.18. The van der Waals surface area contributed by atoms with E-state index >= 15 is 0 Å². The zero-order chi connectivity index (χ0) is 11.5. The summed E-state index contributed by atoms with van der Waals surface area (Å²) in [6, 6.07) is 4.75. The molecule has 84 valence electrons. The van der Waals surface area contributed by atoms with E-state index in [1.165, 1.54) is 6.07 Å². The van der Waals surface area contributed by atoms with Gasteiger partial charge in [0.05, 0.1) is 5.33 Å². The van der Waals surface area contributed by atoms with E-state index in [2.05, 4.69) is 15.9 Å². The smallest absolute Gasteiger partial charge is 0.229 e. The quantitative estimate of drug-likeness (QED) is 0.481. The number of Topliss-reactive ketones (excluding diaryl/α,β-unsaturated/α-hetero) is 2. The molecule has 1 aromatic carbocycles. The summed E-state index contributed by atoms with van der Waals surface area (Å²) in [5.41, 5.74) is 0.328. The molecule has 0 amide bonds. The lowest BCUT2D eigenvalue weighted by Crippen LogP contribution is -2.18. The van der Waals surface area contributed by atoms with Gasteiger partial charge in [-0.05, 0) is 18.2 Å². The molecule has 0 spiro atoms. The summed E-state index contributed by atoms with van der Waals surface area (Å²) in [6.45, 7) is 0.956. The van der Waals surface area contributed by atoms with Crippen molar-refractivity contribution in [2.45, 2.75) is 0 Å². The summed E-state index contributed by atoms with van der Waals surface area (Å²) in [5.74, 6) is 0.124. The Balaban J connectivity index is 2.30. The lowest BCUT2D eigenvalue weighted by atomic mass is 10.1. The van der Waals surface area contributed by atoms with Crippen LogP contribution in [0.1, 0.15) is 10.4 Å². The topological polar surface area (TPSA) is 52.6 Å². The van der Waals surface area contributed by atoms with Crippen molar-refractivity contribution in [1.29, 1.82) is 0 Å². The Bertz CT molecular complexity index is 442. The number of alkyl halides is 1. The first-order valence-corrected chi connectivity index (χ1v) is 5.87. The van der Waals surface area contributed by atoms with Crippen LogP contribution in [0.15, 0.2) is 18.2 Å². The highest BCUT2D eigenvalue weighted by Gasteiger charge is 2.18. The molecule has 4 nitrogen and oxygen atoms in total. The Morgan fingerprint density at radius 1 is 1.19 bits per heavy atom. The number of rotatable bonds is 3. The number of hydrogen-bond acceptors (Lipinski definition) is 4. The van der Waals surface area contributed by atoms with Gasteiger partial charge in [-0.1, -0.05) is 15.9 Å². The molecular formula is C11H9BrO4. The maximum atomic E-state index is 11.6. The van der Waals surface area contributed by atoms with E-state index in [1.807, 2.05) is 0 Å². The molecule has 1 heterocycles. The van der Waals surface area contributed by atoms with Gasteiger partial charge in [0.15, 0.2) is 11.5 Å². The van der Waals surface area contributed by atoms with Crippen LogP contribution in [0.25, 0.3) is 0 Å². The van der Waals surface area contributed by atoms with Gasteiger partial charge in [-0.2, -0.15) is 0 Å². The van der Waals surface area contributed by atoms with Crippen LogP contribution in [0, 0.1) is 0 Å². The molecular weight excluding hydrogens is 276 g/mol. The molecule has 0 saturated heterocycles. The second-order valence-electron chi connectivity index (χ2n) is 3.24. The standard InChI is InChI=1S/C11H9BrO4/c12-6-8(13)11(14)7-1-2-9-10(5-7)16-4-3-15-9/h1-2,5H,3-4,6H2. The van der Waals surface area contributed by atoms with Crippen LogP contribution in [0.3, 0.4) is 0 Å². The number of halogens is 1. The van der Waals surface area contributed by atoms with Crippen LogP contribution >= 0.6 is 15.9 Å². The van der Waals surface area contributed by atoms with Crippen LogP contribution < -0.4 is 9.47 Å². The van der Waals surface area contributed by atoms with E-state index in [1.54, 1.807) is 12.1 Å². The van der Waals surface area contributed by atoms with Crippen LogP contribution in [0.5, 0.6) is 11.5 Å². The highest BCUT2D eigenvalue weighted by atomic mass is 79.9. The minimum absolute atomic E-state index is 0.0281. The summed E-state index contributed by atoms with van der Waals surface area (Å²) in [4.78, 5) is 22.8. The maximum absolute atomic E-state index is 11.6. The van der Waals surface area contributed by atoms with Gasteiger partial charge in [-0.25, -0.2) is 0 Å². The van der Waals surface area contributed by atoms with E-state index in [4.69, 9.17) is 9.47 Å². The molecule has 1 aliphatic heterocycles. The van der Waals surface area contributed by atoms with E-state index in [0.29, 0.717) is 30.3 Å². The number of fused-ring (bicyclic) bond motifs is 1. The van der Waals surface area contributed by atoms with Crippen LogP contribution in [0.4, 0.5) is 0 Å². The van der Waals surface area contributed by atoms with Crippen LogP contribution in [-0.2, 0) is 4.79 Å². The number of ketones is 2. The Hall–Kier alpha value is -1.36. The van der Waals surface area contributed by atoms with Gasteiger partial charge < -0.3 is 9.47 Å². The van der Waals surface area contributed by atoms with Gasteiger partial charge in [0, 0.05) is 5.56 Å². The Labute approximate surface area is 101 Å². The zero-order valence-corrected chi connectivity index (χ0v) is 9.95. The summed E-state index contributed by atoms with van der Waals surface area (Å²) in [7, 11) is 0. The number of ether oxygens (including phenoxy) is 2. The second-order valence-corrected chi connectivity index (χ2v) is 3.81.